The fourth-order valence-electron chi connectivity index (χ4n) is 4.21. The first-order valence-corrected chi connectivity index (χ1v) is 8.67. The molecule has 0 spiro atoms. The number of carbonyl (C=O) groups excluding carboxylic acids is 2. The molecule has 0 bridgehead atoms. The second-order valence-corrected chi connectivity index (χ2v) is 7.04. The van der Waals surface area contributed by atoms with Gasteiger partial charge in [-0.3, -0.25) is 9.59 Å². The quantitative estimate of drug-likeness (QED) is 0.907. The lowest BCUT2D eigenvalue weighted by atomic mass is 9.92. The van der Waals surface area contributed by atoms with Crippen molar-refractivity contribution in [1.29, 1.82) is 0 Å². The van der Waals surface area contributed by atoms with Crippen molar-refractivity contribution in [1.82, 2.24) is 10.2 Å². The van der Waals surface area contributed by atoms with Crippen molar-refractivity contribution in [2.24, 2.45) is 5.92 Å². The number of fused-ring (bicyclic) bond motifs is 1. The van der Waals surface area contributed by atoms with Crippen LogP contribution < -0.4 is 5.32 Å². The maximum absolute atomic E-state index is 14.1. The van der Waals surface area contributed by atoms with Crippen molar-refractivity contribution >= 4 is 17.4 Å². The molecule has 3 aliphatic rings. The fourth-order valence-corrected chi connectivity index (χ4v) is 4.21. The largest absolute Gasteiger partial charge is 0.354 e. The lowest BCUT2D eigenvalue weighted by molar-refractivity contribution is -0.129. The molecular weight excluding hydrogens is 307 g/mol. The van der Waals surface area contributed by atoms with Crippen LogP contribution >= 0.6 is 0 Å². The average Bonchev–Trinajstić information content (AvgIpc) is 3.17. The van der Waals surface area contributed by atoms with Crippen LogP contribution in [-0.2, 0) is 11.3 Å². The molecule has 2 atom stereocenters. The second-order valence-electron chi connectivity index (χ2n) is 7.04. The fraction of sp³-hybridized carbons (Fsp3) is 0.474. The van der Waals surface area contributed by atoms with Gasteiger partial charge >= 0.3 is 0 Å². The van der Waals surface area contributed by atoms with Gasteiger partial charge in [0.2, 0.25) is 5.91 Å². The zero-order valence-corrected chi connectivity index (χ0v) is 13.8. The van der Waals surface area contributed by atoms with Gasteiger partial charge in [0.1, 0.15) is 11.9 Å². The molecule has 126 valence electrons. The highest BCUT2D eigenvalue weighted by Gasteiger charge is 2.42. The number of amides is 2. The smallest absolute Gasteiger partial charge is 0.255 e. The van der Waals surface area contributed by atoms with Gasteiger partial charge in [-0.2, -0.15) is 0 Å². The third-order valence-electron chi connectivity index (χ3n) is 5.46. The van der Waals surface area contributed by atoms with Crippen LogP contribution in [-0.4, -0.2) is 29.3 Å². The first-order chi connectivity index (χ1) is 11.6. The Morgan fingerprint density at radius 1 is 1.25 bits per heavy atom. The maximum atomic E-state index is 14.1. The van der Waals surface area contributed by atoms with Crippen molar-refractivity contribution in [3.63, 3.8) is 0 Å². The number of hydrogen-bond acceptors (Lipinski definition) is 2. The molecule has 1 saturated heterocycles. The number of carbonyl (C=O) groups is 2. The van der Waals surface area contributed by atoms with E-state index in [0.717, 1.165) is 42.4 Å². The van der Waals surface area contributed by atoms with Gasteiger partial charge in [-0.05, 0) is 60.4 Å². The van der Waals surface area contributed by atoms with Gasteiger partial charge in [-0.1, -0.05) is 13.0 Å². The molecular formula is C19H21FN2O2. The predicted molar refractivity (Wildman–Crippen MR) is 88.7 cm³/mol. The number of allylic oxidation sites excluding steroid dienone is 2. The van der Waals surface area contributed by atoms with Crippen LogP contribution in [0.1, 0.15) is 54.1 Å². The van der Waals surface area contributed by atoms with Crippen LogP contribution in [0.2, 0.25) is 0 Å². The van der Waals surface area contributed by atoms with E-state index in [-0.39, 0.29) is 23.5 Å². The summed E-state index contributed by atoms with van der Waals surface area (Å²) in [5.41, 5.74) is 3.27. The summed E-state index contributed by atoms with van der Waals surface area (Å²) in [4.78, 5) is 26.8. The molecule has 0 saturated carbocycles. The molecule has 1 aliphatic carbocycles. The van der Waals surface area contributed by atoms with Crippen molar-refractivity contribution in [2.45, 2.75) is 45.2 Å². The minimum absolute atomic E-state index is 0.1000. The molecule has 24 heavy (non-hydrogen) atoms. The Kier molecular flexibility index (Phi) is 3.66. The van der Waals surface area contributed by atoms with E-state index in [1.807, 2.05) is 6.92 Å². The van der Waals surface area contributed by atoms with Gasteiger partial charge in [0, 0.05) is 18.7 Å². The normalized spacial score (nSPS) is 26.4. The molecule has 2 unspecified atom stereocenters. The summed E-state index contributed by atoms with van der Waals surface area (Å²) in [7, 11) is 0. The molecule has 5 heteroatoms. The van der Waals surface area contributed by atoms with Gasteiger partial charge in [-0.25, -0.2) is 4.39 Å². The number of piperidine rings is 1. The molecule has 1 fully saturated rings. The highest BCUT2D eigenvalue weighted by Crippen LogP contribution is 2.37. The van der Waals surface area contributed by atoms with Crippen LogP contribution in [0, 0.1) is 11.7 Å². The topological polar surface area (TPSA) is 49.4 Å². The Morgan fingerprint density at radius 2 is 2.04 bits per heavy atom. The van der Waals surface area contributed by atoms with Crippen LogP contribution in [0.25, 0.3) is 5.57 Å². The summed E-state index contributed by atoms with van der Waals surface area (Å²) in [6, 6.07) is 2.39. The van der Waals surface area contributed by atoms with Gasteiger partial charge < -0.3 is 10.2 Å². The zero-order valence-electron chi connectivity index (χ0n) is 13.8. The Balaban J connectivity index is 1.74. The highest BCUT2D eigenvalue weighted by molar-refractivity contribution is 6.02. The Hall–Kier alpha value is -2.17. The Labute approximate surface area is 140 Å². The summed E-state index contributed by atoms with van der Waals surface area (Å²) < 4.78 is 14.1. The van der Waals surface area contributed by atoms with E-state index in [9.17, 15) is 14.0 Å². The van der Waals surface area contributed by atoms with E-state index < -0.39 is 6.04 Å². The minimum atomic E-state index is -0.466. The lowest BCUT2D eigenvalue weighted by Crippen LogP contribution is -2.54. The monoisotopic (exact) mass is 328 g/mol. The molecule has 0 radical (unpaired) electrons. The predicted octanol–water partition coefficient (Wildman–Crippen LogP) is 2.87. The Morgan fingerprint density at radius 3 is 2.75 bits per heavy atom. The van der Waals surface area contributed by atoms with Gasteiger partial charge in [0.25, 0.3) is 5.91 Å². The number of halogens is 1. The minimum Gasteiger partial charge on any atom is -0.354 e. The number of nitrogens with zero attached hydrogens (tertiary/aromatic N) is 1. The van der Waals surface area contributed by atoms with Crippen molar-refractivity contribution in [3.8, 4) is 0 Å². The third kappa shape index (κ3) is 2.34. The standard InChI is InChI=1S/C19H21FN2O2/c1-11-6-7-21-18(23)17(11)22-10-16-14(12-4-2-3-5-12)8-13(20)9-15(16)19(22)24/h4,8-9,11,17H,2-3,5-7,10H2,1H3,(H,21,23). The van der Waals surface area contributed by atoms with E-state index >= 15 is 0 Å². The van der Waals surface area contributed by atoms with E-state index in [1.165, 1.54) is 12.1 Å². The maximum Gasteiger partial charge on any atom is 0.255 e. The molecule has 4 rings (SSSR count). The van der Waals surface area contributed by atoms with Crippen LogP contribution in [0.3, 0.4) is 0 Å². The molecule has 4 nitrogen and oxygen atoms in total. The van der Waals surface area contributed by atoms with E-state index in [1.54, 1.807) is 4.90 Å². The number of rotatable bonds is 2. The van der Waals surface area contributed by atoms with Gasteiger partial charge in [0.15, 0.2) is 0 Å². The Bertz CT molecular complexity index is 756. The number of benzene rings is 1. The summed E-state index contributed by atoms with van der Waals surface area (Å²) in [5, 5.41) is 2.85. The van der Waals surface area contributed by atoms with E-state index in [0.29, 0.717) is 18.7 Å². The van der Waals surface area contributed by atoms with Gasteiger partial charge in [-0.15, -0.1) is 0 Å². The molecule has 1 aromatic carbocycles. The van der Waals surface area contributed by atoms with E-state index in [4.69, 9.17) is 0 Å². The second kappa shape index (κ2) is 5.72. The number of hydrogen-bond donors (Lipinski definition) is 1. The van der Waals surface area contributed by atoms with Crippen molar-refractivity contribution in [3.05, 3.63) is 40.7 Å². The first-order valence-electron chi connectivity index (χ1n) is 8.67. The van der Waals surface area contributed by atoms with Gasteiger partial charge in [0.05, 0.1) is 0 Å². The van der Waals surface area contributed by atoms with Crippen molar-refractivity contribution < 1.29 is 14.0 Å². The summed E-state index contributed by atoms with van der Waals surface area (Å²) in [6.45, 7) is 3.04. The molecule has 1 N–H and O–H groups in total. The molecule has 2 aliphatic heterocycles. The molecule has 1 aromatic rings. The first kappa shape index (κ1) is 15.4. The number of nitrogens with one attached hydrogen (secondary N) is 1. The molecule has 2 amide bonds. The molecule has 2 heterocycles. The van der Waals surface area contributed by atoms with Crippen LogP contribution in [0.5, 0.6) is 0 Å². The van der Waals surface area contributed by atoms with Crippen LogP contribution in [0.15, 0.2) is 18.2 Å². The third-order valence-corrected chi connectivity index (χ3v) is 5.46. The summed E-state index contributed by atoms with van der Waals surface area (Å²) in [6.07, 6.45) is 5.98. The summed E-state index contributed by atoms with van der Waals surface area (Å²) >= 11 is 0. The van der Waals surface area contributed by atoms with Crippen molar-refractivity contribution in [2.75, 3.05) is 6.54 Å². The average molecular weight is 328 g/mol. The molecule has 0 aromatic heterocycles. The van der Waals surface area contributed by atoms with E-state index in [2.05, 4.69) is 11.4 Å². The zero-order chi connectivity index (χ0) is 16.8. The highest BCUT2D eigenvalue weighted by atomic mass is 19.1. The summed E-state index contributed by atoms with van der Waals surface area (Å²) in [5.74, 6) is -0.598. The SMILES string of the molecule is CC1CCNC(=O)C1N1Cc2c(cc(F)cc2C2=CCCC2)C1=O. The lowest BCUT2D eigenvalue weighted by Gasteiger charge is -2.35. The van der Waals surface area contributed by atoms with Crippen LogP contribution in [0.4, 0.5) is 4.39 Å².